The fraction of sp³-hybridized carbons (Fsp3) is 0.647. The molecule has 1 aliphatic carbocycles. The lowest BCUT2D eigenvalue weighted by Crippen LogP contribution is -2.45. The van der Waals surface area contributed by atoms with Gasteiger partial charge in [-0.15, -0.1) is 0 Å². The Kier molecular flexibility index (Phi) is 4.27. The standard InChI is InChI=1S/C17H26ClN/c1-11-5-8-14(16(19)9-11)17(3,4)13-7-6-12(2)15(18)10-13/h6-7,10-11,14,16H,5,8-9,19H2,1-4H3. The van der Waals surface area contributed by atoms with Crippen LogP contribution in [0.2, 0.25) is 5.02 Å². The van der Waals surface area contributed by atoms with Crippen molar-refractivity contribution in [2.75, 3.05) is 0 Å². The highest BCUT2D eigenvalue weighted by molar-refractivity contribution is 6.31. The van der Waals surface area contributed by atoms with Crippen LogP contribution >= 0.6 is 11.6 Å². The minimum atomic E-state index is 0.0941. The number of aryl methyl sites for hydroxylation is 1. The zero-order valence-electron chi connectivity index (χ0n) is 12.5. The summed E-state index contributed by atoms with van der Waals surface area (Å²) in [4.78, 5) is 0. The molecule has 0 aliphatic heterocycles. The number of rotatable bonds is 2. The summed E-state index contributed by atoms with van der Waals surface area (Å²) >= 11 is 6.29. The van der Waals surface area contributed by atoms with Gasteiger partial charge in [-0.05, 0) is 54.2 Å². The minimum absolute atomic E-state index is 0.0941. The molecule has 3 atom stereocenters. The molecule has 3 unspecified atom stereocenters. The molecule has 0 amide bonds. The number of hydrogen-bond donors (Lipinski definition) is 1. The minimum Gasteiger partial charge on any atom is -0.327 e. The molecule has 0 bridgehead atoms. The van der Waals surface area contributed by atoms with Crippen LogP contribution in [0.4, 0.5) is 0 Å². The molecule has 2 rings (SSSR count). The summed E-state index contributed by atoms with van der Waals surface area (Å²) < 4.78 is 0. The molecule has 1 aromatic carbocycles. The van der Waals surface area contributed by atoms with Gasteiger partial charge in [0.05, 0.1) is 0 Å². The molecule has 0 spiro atoms. The Bertz CT molecular complexity index is 453. The van der Waals surface area contributed by atoms with E-state index in [9.17, 15) is 0 Å². The van der Waals surface area contributed by atoms with Crippen LogP contribution in [0.15, 0.2) is 18.2 Å². The van der Waals surface area contributed by atoms with Crippen molar-refractivity contribution < 1.29 is 0 Å². The Morgan fingerprint density at radius 3 is 2.53 bits per heavy atom. The first-order chi connectivity index (χ1) is 8.82. The summed E-state index contributed by atoms with van der Waals surface area (Å²) in [6, 6.07) is 6.77. The molecule has 0 saturated heterocycles. The molecule has 0 aromatic heterocycles. The van der Waals surface area contributed by atoms with Crippen molar-refractivity contribution in [2.24, 2.45) is 17.6 Å². The molecule has 0 heterocycles. The average Bonchev–Trinajstić information content (AvgIpc) is 2.32. The van der Waals surface area contributed by atoms with Gasteiger partial charge < -0.3 is 5.73 Å². The van der Waals surface area contributed by atoms with E-state index in [0.717, 1.165) is 22.9 Å². The van der Waals surface area contributed by atoms with Crippen LogP contribution in [0.3, 0.4) is 0 Å². The van der Waals surface area contributed by atoms with Crippen molar-refractivity contribution in [3.63, 3.8) is 0 Å². The molecule has 2 heteroatoms. The Morgan fingerprint density at radius 2 is 1.95 bits per heavy atom. The second kappa shape index (κ2) is 5.46. The smallest absolute Gasteiger partial charge is 0.0438 e. The number of nitrogens with two attached hydrogens (primary N) is 1. The predicted octanol–water partition coefficient (Wildman–Crippen LogP) is 4.69. The van der Waals surface area contributed by atoms with Crippen molar-refractivity contribution in [3.8, 4) is 0 Å². The zero-order chi connectivity index (χ0) is 14.2. The molecule has 1 fully saturated rings. The summed E-state index contributed by atoms with van der Waals surface area (Å²) in [6.45, 7) is 8.99. The summed E-state index contributed by atoms with van der Waals surface area (Å²) in [5.74, 6) is 1.31. The van der Waals surface area contributed by atoms with E-state index < -0.39 is 0 Å². The normalized spacial score (nSPS) is 28.4. The monoisotopic (exact) mass is 279 g/mol. The second-order valence-corrected chi connectivity index (χ2v) is 7.28. The highest BCUT2D eigenvalue weighted by Crippen LogP contribution is 2.42. The largest absolute Gasteiger partial charge is 0.327 e. The first kappa shape index (κ1) is 14.9. The van der Waals surface area contributed by atoms with E-state index >= 15 is 0 Å². The lowest BCUT2D eigenvalue weighted by atomic mass is 9.64. The molecule has 2 N–H and O–H groups in total. The maximum atomic E-state index is 6.43. The van der Waals surface area contributed by atoms with Crippen LogP contribution < -0.4 is 5.73 Å². The summed E-state index contributed by atoms with van der Waals surface area (Å²) in [6.07, 6.45) is 3.66. The lowest BCUT2D eigenvalue weighted by molar-refractivity contribution is 0.171. The van der Waals surface area contributed by atoms with Gasteiger partial charge in [-0.25, -0.2) is 0 Å². The van der Waals surface area contributed by atoms with Crippen molar-refractivity contribution in [1.29, 1.82) is 0 Å². The average molecular weight is 280 g/mol. The fourth-order valence-electron chi connectivity index (χ4n) is 3.53. The first-order valence-electron chi connectivity index (χ1n) is 7.34. The van der Waals surface area contributed by atoms with Gasteiger partial charge in [-0.1, -0.05) is 50.9 Å². The Balaban J connectivity index is 2.28. The van der Waals surface area contributed by atoms with Crippen molar-refractivity contribution in [3.05, 3.63) is 34.3 Å². The van der Waals surface area contributed by atoms with Crippen molar-refractivity contribution in [2.45, 2.75) is 58.4 Å². The van der Waals surface area contributed by atoms with Crippen LogP contribution in [0.1, 0.15) is 51.2 Å². The maximum absolute atomic E-state index is 6.43. The summed E-state index contributed by atoms with van der Waals surface area (Å²) in [5, 5.41) is 0.864. The molecule has 0 radical (unpaired) electrons. The van der Waals surface area contributed by atoms with Crippen LogP contribution in [0, 0.1) is 18.8 Å². The number of halogens is 1. The first-order valence-corrected chi connectivity index (χ1v) is 7.72. The van der Waals surface area contributed by atoms with Gasteiger partial charge in [0.1, 0.15) is 0 Å². The number of benzene rings is 1. The molecule has 1 aromatic rings. The topological polar surface area (TPSA) is 26.0 Å². The van der Waals surface area contributed by atoms with E-state index in [1.54, 1.807) is 0 Å². The van der Waals surface area contributed by atoms with Gasteiger partial charge in [0.25, 0.3) is 0 Å². The summed E-state index contributed by atoms with van der Waals surface area (Å²) in [7, 11) is 0. The third-order valence-corrected chi connectivity index (χ3v) is 5.41. The molecule has 1 nitrogen and oxygen atoms in total. The predicted molar refractivity (Wildman–Crippen MR) is 83.7 cm³/mol. The maximum Gasteiger partial charge on any atom is 0.0438 e. The van der Waals surface area contributed by atoms with E-state index in [4.69, 9.17) is 17.3 Å². The van der Waals surface area contributed by atoms with Crippen molar-refractivity contribution >= 4 is 11.6 Å². The van der Waals surface area contributed by atoms with Gasteiger partial charge in [0.2, 0.25) is 0 Å². The molecule has 1 saturated carbocycles. The van der Waals surface area contributed by atoms with Crippen LogP contribution in [0.5, 0.6) is 0 Å². The molecule has 19 heavy (non-hydrogen) atoms. The van der Waals surface area contributed by atoms with Gasteiger partial charge >= 0.3 is 0 Å². The Labute approximate surface area is 122 Å². The van der Waals surface area contributed by atoms with Crippen LogP contribution in [-0.2, 0) is 5.41 Å². The highest BCUT2D eigenvalue weighted by Gasteiger charge is 2.38. The van der Waals surface area contributed by atoms with E-state index in [1.165, 1.54) is 18.4 Å². The Hall–Kier alpha value is -0.530. The Morgan fingerprint density at radius 1 is 1.26 bits per heavy atom. The van der Waals surface area contributed by atoms with Crippen LogP contribution in [-0.4, -0.2) is 6.04 Å². The number of hydrogen-bond acceptors (Lipinski definition) is 1. The van der Waals surface area contributed by atoms with Crippen molar-refractivity contribution in [1.82, 2.24) is 0 Å². The van der Waals surface area contributed by atoms with E-state index in [1.807, 2.05) is 6.92 Å². The van der Waals surface area contributed by atoms with Gasteiger partial charge in [0.15, 0.2) is 0 Å². The third kappa shape index (κ3) is 2.98. The van der Waals surface area contributed by atoms with Gasteiger partial charge in [0, 0.05) is 11.1 Å². The van der Waals surface area contributed by atoms with E-state index in [-0.39, 0.29) is 5.41 Å². The van der Waals surface area contributed by atoms with E-state index in [2.05, 4.69) is 39.0 Å². The SMILES string of the molecule is Cc1ccc(C(C)(C)C2CCC(C)CC2N)cc1Cl. The molecular weight excluding hydrogens is 254 g/mol. The third-order valence-electron chi connectivity index (χ3n) is 5.00. The summed E-state index contributed by atoms with van der Waals surface area (Å²) in [5.41, 5.74) is 8.98. The zero-order valence-corrected chi connectivity index (χ0v) is 13.3. The lowest BCUT2D eigenvalue weighted by Gasteiger charge is -2.43. The highest BCUT2D eigenvalue weighted by atomic mass is 35.5. The molecule has 106 valence electrons. The van der Waals surface area contributed by atoms with E-state index in [0.29, 0.717) is 12.0 Å². The quantitative estimate of drug-likeness (QED) is 0.835. The molecular formula is C17H26ClN. The van der Waals surface area contributed by atoms with Crippen LogP contribution in [0.25, 0.3) is 0 Å². The van der Waals surface area contributed by atoms with Gasteiger partial charge in [-0.2, -0.15) is 0 Å². The fourth-order valence-corrected chi connectivity index (χ4v) is 3.71. The molecule has 1 aliphatic rings. The second-order valence-electron chi connectivity index (χ2n) is 6.87. The van der Waals surface area contributed by atoms with Gasteiger partial charge in [-0.3, -0.25) is 0 Å².